The molecule has 1 atom stereocenters. The standard InChI is InChI=1S/C9H19N/c1-4-5-6-7-9(10)8(2)3/h9H,2,4-7,10H2,1,3H3/t9-/m0/s1. The molecule has 0 rings (SSSR count). The van der Waals surface area contributed by atoms with Gasteiger partial charge in [-0.05, 0) is 13.3 Å². The molecule has 0 saturated heterocycles. The van der Waals surface area contributed by atoms with Crippen molar-refractivity contribution in [2.75, 3.05) is 0 Å². The first-order valence-electron chi connectivity index (χ1n) is 4.09. The lowest BCUT2D eigenvalue weighted by Crippen LogP contribution is -2.20. The smallest absolute Gasteiger partial charge is 0.0248 e. The van der Waals surface area contributed by atoms with Gasteiger partial charge in [-0.2, -0.15) is 0 Å². The molecule has 0 heterocycles. The van der Waals surface area contributed by atoms with Gasteiger partial charge >= 0.3 is 0 Å². The van der Waals surface area contributed by atoms with Crippen molar-refractivity contribution in [1.82, 2.24) is 0 Å². The Morgan fingerprint density at radius 3 is 2.50 bits per heavy atom. The molecule has 0 aromatic heterocycles. The van der Waals surface area contributed by atoms with E-state index in [0.717, 1.165) is 12.0 Å². The summed E-state index contributed by atoms with van der Waals surface area (Å²) < 4.78 is 0. The van der Waals surface area contributed by atoms with Crippen LogP contribution in [0.2, 0.25) is 0 Å². The third kappa shape index (κ3) is 4.57. The van der Waals surface area contributed by atoms with Crippen LogP contribution in [-0.2, 0) is 0 Å². The first-order valence-corrected chi connectivity index (χ1v) is 4.09. The van der Waals surface area contributed by atoms with Crippen LogP contribution in [0.25, 0.3) is 0 Å². The normalized spacial score (nSPS) is 13.1. The van der Waals surface area contributed by atoms with Crippen LogP contribution in [0.4, 0.5) is 0 Å². The molecular weight excluding hydrogens is 122 g/mol. The maximum atomic E-state index is 5.76. The maximum absolute atomic E-state index is 5.76. The van der Waals surface area contributed by atoms with Crippen molar-refractivity contribution in [2.24, 2.45) is 5.73 Å². The molecule has 0 saturated carbocycles. The summed E-state index contributed by atoms with van der Waals surface area (Å²) in [5.41, 5.74) is 6.87. The highest BCUT2D eigenvalue weighted by Crippen LogP contribution is 2.06. The van der Waals surface area contributed by atoms with Crippen LogP contribution in [0.5, 0.6) is 0 Å². The lowest BCUT2D eigenvalue weighted by Gasteiger charge is -2.09. The second kappa shape index (κ2) is 5.48. The van der Waals surface area contributed by atoms with Gasteiger partial charge in [0.05, 0.1) is 0 Å². The molecular formula is C9H19N. The van der Waals surface area contributed by atoms with E-state index in [1.54, 1.807) is 0 Å². The number of hydrogen-bond acceptors (Lipinski definition) is 1. The Bertz CT molecular complexity index is 96.9. The van der Waals surface area contributed by atoms with Crippen molar-refractivity contribution in [3.05, 3.63) is 12.2 Å². The minimum Gasteiger partial charge on any atom is -0.324 e. The Hall–Kier alpha value is -0.300. The fourth-order valence-corrected chi connectivity index (χ4v) is 0.861. The molecule has 0 bridgehead atoms. The van der Waals surface area contributed by atoms with E-state index < -0.39 is 0 Å². The van der Waals surface area contributed by atoms with Crippen LogP contribution in [0.15, 0.2) is 12.2 Å². The fraction of sp³-hybridized carbons (Fsp3) is 0.778. The number of unbranched alkanes of at least 4 members (excludes halogenated alkanes) is 2. The topological polar surface area (TPSA) is 26.0 Å². The highest BCUT2D eigenvalue weighted by atomic mass is 14.6. The zero-order chi connectivity index (χ0) is 7.98. The summed E-state index contributed by atoms with van der Waals surface area (Å²) in [6.45, 7) is 8.01. The molecule has 0 aliphatic carbocycles. The Kier molecular flexibility index (Phi) is 5.32. The summed E-state index contributed by atoms with van der Waals surface area (Å²) in [7, 11) is 0. The van der Waals surface area contributed by atoms with Gasteiger partial charge in [-0.15, -0.1) is 0 Å². The number of hydrogen-bond donors (Lipinski definition) is 1. The zero-order valence-electron chi connectivity index (χ0n) is 7.19. The van der Waals surface area contributed by atoms with Crippen molar-refractivity contribution in [3.8, 4) is 0 Å². The fourth-order valence-electron chi connectivity index (χ4n) is 0.861. The van der Waals surface area contributed by atoms with Crippen molar-refractivity contribution in [3.63, 3.8) is 0 Å². The Morgan fingerprint density at radius 1 is 1.50 bits per heavy atom. The quantitative estimate of drug-likeness (QED) is 0.462. The van der Waals surface area contributed by atoms with E-state index in [1.165, 1.54) is 19.3 Å². The molecule has 0 aliphatic rings. The lowest BCUT2D eigenvalue weighted by molar-refractivity contribution is 0.607. The summed E-state index contributed by atoms with van der Waals surface area (Å²) in [5, 5.41) is 0. The van der Waals surface area contributed by atoms with Gasteiger partial charge in [0.15, 0.2) is 0 Å². The molecule has 0 radical (unpaired) electrons. The summed E-state index contributed by atoms with van der Waals surface area (Å²) in [4.78, 5) is 0. The highest BCUT2D eigenvalue weighted by molar-refractivity contribution is 4.99. The molecule has 0 unspecified atom stereocenters. The van der Waals surface area contributed by atoms with Crippen LogP contribution in [0.3, 0.4) is 0 Å². The van der Waals surface area contributed by atoms with Crippen LogP contribution < -0.4 is 5.73 Å². The molecule has 0 spiro atoms. The second-order valence-corrected chi connectivity index (χ2v) is 2.95. The van der Waals surface area contributed by atoms with Crippen LogP contribution in [0, 0.1) is 0 Å². The second-order valence-electron chi connectivity index (χ2n) is 2.95. The summed E-state index contributed by atoms with van der Waals surface area (Å²) in [6.07, 6.45) is 4.90. The summed E-state index contributed by atoms with van der Waals surface area (Å²) in [6, 6.07) is 0.228. The van der Waals surface area contributed by atoms with E-state index in [-0.39, 0.29) is 6.04 Å². The van der Waals surface area contributed by atoms with E-state index in [4.69, 9.17) is 5.73 Å². The first-order chi connectivity index (χ1) is 4.68. The molecule has 60 valence electrons. The van der Waals surface area contributed by atoms with Gasteiger partial charge in [0.2, 0.25) is 0 Å². The summed E-state index contributed by atoms with van der Waals surface area (Å²) >= 11 is 0. The average Bonchev–Trinajstić information content (AvgIpc) is 1.88. The highest BCUT2D eigenvalue weighted by Gasteiger charge is 2.00. The van der Waals surface area contributed by atoms with Crippen LogP contribution in [-0.4, -0.2) is 6.04 Å². The largest absolute Gasteiger partial charge is 0.324 e. The van der Waals surface area contributed by atoms with E-state index in [0.29, 0.717) is 0 Å². The van der Waals surface area contributed by atoms with E-state index in [9.17, 15) is 0 Å². The molecule has 2 N–H and O–H groups in total. The average molecular weight is 141 g/mol. The lowest BCUT2D eigenvalue weighted by atomic mass is 10.0. The number of nitrogens with two attached hydrogens (primary N) is 1. The van der Waals surface area contributed by atoms with Crippen molar-refractivity contribution in [2.45, 2.75) is 45.6 Å². The van der Waals surface area contributed by atoms with Crippen molar-refractivity contribution >= 4 is 0 Å². The Labute approximate surface area is 64.3 Å². The minimum atomic E-state index is 0.228. The van der Waals surface area contributed by atoms with Gasteiger partial charge in [-0.25, -0.2) is 0 Å². The van der Waals surface area contributed by atoms with Crippen LogP contribution >= 0.6 is 0 Å². The van der Waals surface area contributed by atoms with Gasteiger partial charge in [0.1, 0.15) is 0 Å². The van der Waals surface area contributed by atoms with Gasteiger partial charge in [-0.1, -0.05) is 38.3 Å². The molecule has 0 aliphatic heterocycles. The van der Waals surface area contributed by atoms with Gasteiger partial charge in [0, 0.05) is 6.04 Å². The molecule has 1 nitrogen and oxygen atoms in total. The van der Waals surface area contributed by atoms with Crippen molar-refractivity contribution in [1.29, 1.82) is 0 Å². The summed E-state index contributed by atoms with van der Waals surface area (Å²) in [5.74, 6) is 0. The Balaban J connectivity index is 3.21. The molecule has 10 heavy (non-hydrogen) atoms. The SMILES string of the molecule is C=C(C)[C@@H](N)CCCCC. The predicted octanol–water partition coefficient (Wildman–Crippen LogP) is 2.47. The van der Waals surface area contributed by atoms with E-state index >= 15 is 0 Å². The Morgan fingerprint density at radius 2 is 2.10 bits per heavy atom. The minimum absolute atomic E-state index is 0.228. The molecule has 0 amide bonds. The molecule has 0 fully saturated rings. The predicted molar refractivity (Wildman–Crippen MR) is 46.9 cm³/mol. The van der Waals surface area contributed by atoms with E-state index in [1.807, 2.05) is 6.92 Å². The molecule has 1 heteroatoms. The van der Waals surface area contributed by atoms with Crippen molar-refractivity contribution < 1.29 is 0 Å². The first kappa shape index (κ1) is 9.70. The third-order valence-corrected chi connectivity index (χ3v) is 1.75. The zero-order valence-corrected chi connectivity index (χ0v) is 7.19. The molecule has 0 aromatic carbocycles. The maximum Gasteiger partial charge on any atom is 0.0248 e. The van der Waals surface area contributed by atoms with Gasteiger partial charge < -0.3 is 5.73 Å². The molecule has 0 aromatic rings. The number of rotatable bonds is 5. The van der Waals surface area contributed by atoms with Gasteiger partial charge in [0.25, 0.3) is 0 Å². The van der Waals surface area contributed by atoms with Crippen LogP contribution in [0.1, 0.15) is 39.5 Å². The third-order valence-electron chi connectivity index (χ3n) is 1.75. The van der Waals surface area contributed by atoms with E-state index in [2.05, 4.69) is 13.5 Å². The monoisotopic (exact) mass is 141 g/mol. The van der Waals surface area contributed by atoms with Gasteiger partial charge in [-0.3, -0.25) is 0 Å².